The monoisotopic (exact) mass is 287 g/mol. The normalized spacial score (nSPS) is 16.9. The Labute approximate surface area is 100.0 Å². The Morgan fingerprint density at radius 3 is 2.56 bits per heavy atom. The van der Waals surface area contributed by atoms with Crippen molar-refractivity contribution in [2.45, 2.75) is 24.9 Å². The lowest BCUT2D eigenvalue weighted by Gasteiger charge is -2.10. The summed E-state index contributed by atoms with van der Waals surface area (Å²) in [5, 5.41) is 9.02. The van der Waals surface area contributed by atoms with Gasteiger partial charge in [0.15, 0.2) is 0 Å². The van der Waals surface area contributed by atoms with Gasteiger partial charge in [0.2, 0.25) is 0 Å². The van der Waals surface area contributed by atoms with Gasteiger partial charge in [-0.3, -0.25) is 0 Å². The van der Waals surface area contributed by atoms with Crippen molar-refractivity contribution in [3.63, 3.8) is 0 Å². The zero-order valence-electron chi connectivity index (χ0n) is 8.21. The van der Waals surface area contributed by atoms with Crippen molar-refractivity contribution in [3.05, 3.63) is 28.2 Å². The number of hydrogen-bond donors (Lipinski definition) is 0. The first kappa shape index (κ1) is 11.3. The molecule has 0 spiro atoms. The molecule has 0 atom stereocenters. The highest BCUT2D eigenvalue weighted by Gasteiger charge is 2.45. The molecule has 0 bridgehead atoms. The summed E-state index contributed by atoms with van der Waals surface area (Å²) in [6, 6.07) is 6.95. The van der Waals surface area contributed by atoms with Gasteiger partial charge >= 0.3 is 6.61 Å². The second-order valence-corrected chi connectivity index (χ2v) is 4.66. The minimum Gasteiger partial charge on any atom is -0.435 e. The topological polar surface area (TPSA) is 33.0 Å². The van der Waals surface area contributed by atoms with Crippen LogP contribution in [0, 0.1) is 11.3 Å². The average molecular weight is 288 g/mol. The van der Waals surface area contributed by atoms with Crippen LogP contribution in [0.1, 0.15) is 18.4 Å². The molecule has 1 aromatic carbocycles. The Bertz CT molecular complexity index is 452. The van der Waals surface area contributed by atoms with E-state index in [4.69, 9.17) is 5.26 Å². The predicted octanol–water partition coefficient (Wildman–Crippen LogP) is 3.61. The maximum absolute atomic E-state index is 12.1. The number of nitrogens with zero attached hydrogens (tertiary/aromatic N) is 1. The van der Waals surface area contributed by atoms with Gasteiger partial charge in [-0.25, -0.2) is 0 Å². The van der Waals surface area contributed by atoms with Crippen molar-refractivity contribution in [2.75, 3.05) is 0 Å². The van der Waals surface area contributed by atoms with Gasteiger partial charge < -0.3 is 4.74 Å². The molecule has 0 radical (unpaired) electrons. The Morgan fingerprint density at radius 1 is 1.38 bits per heavy atom. The van der Waals surface area contributed by atoms with Crippen molar-refractivity contribution >= 4 is 15.9 Å². The molecule has 1 aliphatic rings. The van der Waals surface area contributed by atoms with Crippen LogP contribution in [0.5, 0.6) is 5.75 Å². The molecule has 0 aromatic heterocycles. The molecule has 1 aromatic rings. The summed E-state index contributed by atoms with van der Waals surface area (Å²) in [5.74, 6) is 0.0842. The maximum Gasteiger partial charge on any atom is 0.387 e. The largest absolute Gasteiger partial charge is 0.435 e. The second kappa shape index (κ2) is 4.02. The first-order chi connectivity index (χ1) is 7.55. The number of nitriles is 1. The minimum atomic E-state index is -2.85. The van der Waals surface area contributed by atoms with Crippen LogP contribution in [0.3, 0.4) is 0 Å². The van der Waals surface area contributed by atoms with Gasteiger partial charge in [-0.1, -0.05) is 15.9 Å². The van der Waals surface area contributed by atoms with E-state index >= 15 is 0 Å². The van der Waals surface area contributed by atoms with Gasteiger partial charge in [0.1, 0.15) is 5.75 Å². The number of ether oxygens (including phenoxy) is 1. The van der Waals surface area contributed by atoms with E-state index in [-0.39, 0.29) is 5.75 Å². The van der Waals surface area contributed by atoms with Crippen molar-refractivity contribution < 1.29 is 13.5 Å². The van der Waals surface area contributed by atoms with Crippen LogP contribution in [0.2, 0.25) is 0 Å². The quantitative estimate of drug-likeness (QED) is 0.851. The molecule has 0 N–H and O–H groups in total. The summed E-state index contributed by atoms with van der Waals surface area (Å²) in [5.41, 5.74) is 0.240. The third-order valence-electron chi connectivity index (χ3n) is 2.61. The minimum absolute atomic E-state index is 0.0842. The summed E-state index contributed by atoms with van der Waals surface area (Å²) in [6.45, 7) is -2.85. The lowest BCUT2D eigenvalue weighted by molar-refractivity contribution is -0.0499. The maximum atomic E-state index is 12.1. The fraction of sp³-hybridized carbons (Fsp3) is 0.364. The van der Waals surface area contributed by atoms with Gasteiger partial charge in [0, 0.05) is 4.47 Å². The Balaban J connectivity index is 2.34. The van der Waals surface area contributed by atoms with E-state index in [2.05, 4.69) is 26.7 Å². The molecule has 0 aliphatic heterocycles. The first-order valence-corrected chi connectivity index (χ1v) is 5.52. The number of benzene rings is 1. The molecule has 1 saturated carbocycles. The van der Waals surface area contributed by atoms with E-state index < -0.39 is 12.0 Å². The van der Waals surface area contributed by atoms with Gasteiger partial charge in [-0.15, -0.1) is 0 Å². The third-order valence-corrected chi connectivity index (χ3v) is 3.07. The third kappa shape index (κ3) is 2.17. The highest BCUT2D eigenvalue weighted by atomic mass is 79.9. The van der Waals surface area contributed by atoms with Crippen molar-refractivity contribution in [1.29, 1.82) is 5.26 Å². The highest BCUT2D eigenvalue weighted by molar-refractivity contribution is 9.10. The van der Waals surface area contributed by atoms with Crippen molar-refractivity contribution in [1.82, 2.24) is 0 Å². The molecule has 1 aliphatic carbocycles. The van der Waals surface area contributed by atoms with Crippen LogP contribution in [0.15, 0.2) is 22.7 Å². The standard InChI is InChI=1S/C11H8BrF2NO/c12-8-3-7(11(6-15)1-2-11)4-9(5-8)16-10(13)14/h3-5,10H,1-2H2. The average Bonchev–Trinajstić information content (AvgIpc) is 2.96. The van der Waals surface area contributed by atoms with Gasteiger partial charge in [-0.2, -0.15) is 14.0 Å². The highest BCUT2D eigenvalue weighted by Crippen LogP contribution is 2.48. The fourth-order valence-electron chi connectivity index (χ4n) is 1.60. The molecule has 0 heterocycles. The lowest BCUT2D eigenvalue weighted by atomic mass is 9.98. The Kier molecular flexibility index (Phi) is 2.85. The molecule has 2 rings (SSSR count). The molecule has 2 nitrogen and oxygen atoms in total. The Morgan fingerprint density at radius 2 is 2.06 bits per heavy atom. The van der Waals surface area contributed by atoms with Gasteiger partial charge in [0.25, 0.3) is 0 Å². The van der Waals surface area contributed by atoms with E-state index in [0.717, 1.165) is 18.4 Å². The summed E-state index contributed by atoms with van der Waals surface area (Å²) in [7, 11) is 0. The molecule has 0 saturated heterocycles. The van der Waals surface area contributed by atoms with E-state index in [1.807, 2.05) is 0 Å². The van der Waals surface area contributed by atoms with Crippen LogP contribution >= 0.6 is 15.9 Å². The molecule has 0 amide bonds. The van der Waals surface area contributed by atoms with E-state index in [0.29, 0.717) is 4.47 Å². The van der Waals surface area contributed by atoms with Gasteiger partial charge in [-0.05, 0) is 36.6 Å². The molecule has 16 heavy (non-hydrogen) atoms. The molecule has 5 heteroatoms. The fourth-order valence-corrected chi connectivity index (χ4v) is 2.07. The number of rotatable bonds is 3. The number of halogens is 3. The van der Waals surface area contributed by atoms with Crippen LogP contribution in [0.25, 0.3) is 0 Å². The van der Waals surface area contributed by atoms with E-state index in [1.165, 1.54) is 12.1 Å². The molecular formula is C11H8BrF2NO. The summed E-state index contributed by atoms with van der Waals surface area (Å²) >= 11 is 3.22. The van der Waals surface area contributed by atoms with Crippen molar-refractivity contribution in [3.8, 4) is 11.8 Å². The van der Waals surface area contributed by atoms with Gasteiger partial charge in [0.05, 0.1) is 11.5 Å². The zero-order valence-corrected chi connectivity index (χ0v) is 9.80. The lowest BCUT2D eigenvalue weighted by Crippen LogP contribution is -2.06. The summed E-state index contributed by atoms with van der Waals surface area (Å²) in [6.07, 6.45) is 1.54. The molecule has 1 fully saturated rings. The van der Waals surface area contributed by atoms with E-state index in [1.54, 1.807) is 6.07 Å². The van der Waals surface area contributed by atoms with Crippen LogP contribution in [-0.2, 0) is 5.41 Å². The van der Waals surface area contributed by atoms with Crippen molar-refractivity contribution in [2.24, 2.45) is 0 Å². The second-order valence-electron chi connectivity index (χ2n) is 3.75. The predicted molar refractivity (Wildman–Crippen MR) is 57.3 cm³/mol. The van der Waals surface area contributed by atoms with Crippen LogP contribution in [-0.4, -0.2) is 6.61 Å². The van der Waals surface area contributed by atoms with E-state index in [9.17, 15) is 8.78 Å². The summed E-state index contributed by atoms with van der Waals surface area (Å²) < 4.78 is 29.1. The van der Waals surface area contributed by atoms with Crippen LogP contribution in [0.4, 0.5) is 8.78 Å². The smallest absolute Gasteiger partial charge is 0.387 e. The molecular weight excluding hydrogens is 280 g/mol. The summed E-state index contributed by atoms with van der Waals surface area (Å²) in [4.78, 5) is 0. The zero-order chi connectivity index (χ0) is 11.8. The Hall–Kier alpha value is -1.15. The van der Waals surface area contributed by atoms with Crippen LogP contribution < -0.4 is 4.74 Å². The molecule has 0 unspecified atom stereocenters. The molecule has 84 valence electrons. The number of alkyl halides is 2. The first-order valence-electron chi connectivity index (χ1n) is 4.73. The number of hydrogen-bond acceptors (Lipinski definition) is 2. The SMILES string of the molecule is N#CC1(c2cc(Br)cc(OC(F)F)c2)CC1.